The first-order valence-corrected chi connectivity index (χ1v) is 9.31. The maximum atomic E-state index is 12.7. The van der Waals surface area contributed by atoms with Gasteiger partial charge >= 0.3 is 0 Å². The topological polar surface area (TPSA) is 62.3 Å². The predicted molar refractivity (Wildman–Crippen MR) is 97.5 cm³/mol. The Kier molecular flexibility index (Phi) is 5.98. The number of carbonyl (C=O) groups excluding carboxylic acids is 2. The molecule has 7 nitrogen and oxygen atoms in total. The molecule has 2 heterocycles. The summed E-state index contributed by atoms with van der Waals surface area (Å²) in [5.41, 5.74) is 0.593. The SMILES string of the molecule is CCN(CC)CCC(=O)N1CCN(C(=O)c2ccc3c(c2)OCO3)CC1. The van der Waals surface area contributed by atoms with Gasteiger partial charge in [0.1, 0.15) is 0 Å². The van der Waals surface area contributed by atoms with E-state index in [2.05, 4.69) is 18.7 Å². The number of rotatable bonds is 6. The van der Waals surface area contributed by atoms with Gasteiger partial charge in [-0.1, -0.05) is 13.8 Å². The van der Waals surface area contributed by atoms with E-state index in [1.54, 1.807) is 23.1 Å². The van der Waals surface area contributed by atoms with E-state index in [1.165, 1.54) is 0 Å². The van der Waals surface area contributed by atoms with Crippen molar-refractivity contribution >= 4 is 11.8 Å². The van der Waals surface area contributed by atoms with Gasteiger partial charge in [-0.2, -0.15) is 0 Å². The number of fused-ring (bicyclic) bond motifs is 1. The molecule has 0 radical (unpaired) electrons. The summed E-state index contributed by atoms with van der Waals surface area (Å²) in [6, 6.07) is 5.26. The molecule has 2 amide bonds. The van der Waals surface area contributed by atoms with E-state index in [9.17, 15) is 9.59 Å². The van der Waals surface area contributed by atoms with Crippen LogP contribution < -0.4 is 9.47 Å². The summed E-state index contributed by atoms with van der Waals surface area (Å²) in [7, 11) is 0. The molecule has 1 fully saturated rings. The average Bonchev–Trinajstić information content (AvgIpc) is 3.16. The van der Waals surface area contributed by atoms with Gasteiger partial charge in [0.2, 0.25) is 12.7 Å². The Hall–Kier alpha value is -2.28. The van der Waals surface area contributed by atoms with Crippen LogP contribution in [0.3, 0.4) is 0 Å². The minimum Gasteiger partial charge on any atom is -0.454 e. The average molecular weight is 361 g/mol. The van der Waals surface area contributed by atoms with Crippen LogP contribution in [0.1, 0.15) is 30.6 Å². The molecule has 0 aromatic heterocycles. The summed E-state index contributed by atoms with van der Waals surface area (Å²) in [6.45, 7) is 9.42. The Morgan fingerprint density at radius 3 is 2.35 bits per heavy atom. The van der Waals surface area contributed by atoms with E-state index in [0.717, 1.165) is 19.6 Å². The van der Waals surface area contributed by atoms with Gasteiger partial charge in [-0.15, -0.1) is 0 Å². The summed E-state index contributed by atoms with van der Waals surface area (Å²) in [4.78, 5) is 31.0. The fourth-order valence-electron chi connectivity index (χ4n) is 3.32. The second kappa shape index (κ2) is 8.40. The van der Waals surface area contributed by atoms with Crippen LogP contribution in [-0.4, -0.2) is 79.1 Å². The van der Waals surface area contributed by atoms with E-state index in [0.29, 0.717) is 49.7 Å². The van der Waals surface area contributed by atoms with Crippen LogP contribution in [0.4, 0.5) is 0 Å². The van der Waals surface area contributed by atoms with Crippen molar-refractivity contribution in [1.82, 2.24) is 14.7 Å². The van der Waals surface area contributed by atoms with Gasteiger partial charge < -0.3 is 24.2 Å². The van der Waals surface area contributed by atoms with E-state index in [4.69, 9.17) is 9.47 Å². The summed E-state index contributed by atoms with van der Waals surface area (Å²) in [5, 5.41) is 0. The number of amides is 2. The van der Waals surface area contributed by atoms with Crippen molar-refractivity contribution in [2.24, 2.45) is 0 Å². The molecular formula is C19H27N3O4. The molecule has 0 spiro atoms. The zero-order valence-electron chi connectivity index (χ0n) is 15.6. The third kappa shape index (κ3) is 4.09. The summed E-state index contributed by atoms with van der Waals surface area (Å²) in [5.74, 6) is 1.43. The predicted octanol–water partition coefficient (Wildman–Crippen LogP) is 1.43. The number of hydrogen-bond donors (Lipinski definition) is 0. The summed E-state index contributed by atoms with van der Waals surface area (Å²) < 4.78 is 10.6. The third-order valence-electron chi connectivity index (χ3n) is 5.08. The Balaban J connectivity index is 1.50. The van der Waals surface area contributed by atoms with Crippen molar-refractivity contribution < 1.29 is 19.1 Å². The van der Waals surface area contributed by atoms with E-state index < -0.39 is 0 Å². The molecule has 0 unspecified atom stereocenters. The van der Waals surface area contributed by atoms with Gasteiger partial charge in [-0.05, 0) is 31.3 Å². The molecule has 142 valence electrons. The molecular weight excluding hydrogens is 334 g/mol. The molecule has 0 aliphatic carbocycles. The fourth-order valence-corrected chi connectivity index (χ4v) is 3.32. The standard InChI is InChI=1S/C19H27N3O4/c1-3-20(4-2)8-7-18(23)21-9-11-22(12-10-21)19(24)15-5-6-16-17(13-15)26-14-25-16/h5-6,13H,3-4,7-12,14H2,1-2H3. The first kappa shape index (κ1) is 18.5. The van der Waals surface area contributed by atoms with Crippen molar-refractivity contribution in [3.63, 3.8) is 0 Å². The maximum Gasteiger partial charge on any atom is 0.254 e. The van der Waals surface area contributed by atoms with Crippen LogP contribution in [-0.2, 0) is 4.79 Å². The van der Waals surface area contributed by atoms with Crippen LogP contribution in [0.2, 0.25) is 0 Å². The second-order valence-corrected chi connectivity index (χ2v) is 6.52. The van der Waals surface area contributed by atoms with Crippen LogP contribution >= 0.6 is 0 Å². The largest absolute Gasteiger partial charge is 0.454 e. The lowest BCUT2D eigenvalue weighted by atomic mass is 10.1. The molecule has 2 aliphatic heterocycles. The molecule has 0 N–H and O–H groups in total. The summed E-state index contributed by atoms with van der Waals surface area (Å²) >= 11 is 0. The number of nitrogens with zero attached hydrogens (tertiary/aromatic N) is 3. The minimum absolute atomic E-state index is 0.0291. The van der Waals surface area contributed by atoms with Crippen molar-refractivity contribution in [3.05, 3.63) is 23.8 Å². The van der Waals surface area contributed by atoms with Crippen LogP contribution in [0.5, 0.6) is 11.5 Å². The molecule has 3 rings (SSSR count). The normalized spacial score (nSPS) is 16.3. The molecule has 26 heavy (non-hydrogen) atoms. The second-order valence-electron chi connectivity index (χ2n) is 6.52. The van der Waals surface area contributed by atoms with Crippen LogP contribution in [0.25, 0.3) is 0 Å². The van der Waals surface area contributed by atoms with Gasteiger partial charge in [-0.25, -0.2) is 0 Å². The minimum atomic E-state index is -0.0291. The number of piperazine rings is 1. The number of benzene rings is 1. The zero-order chi connectivity index (χ0) is 18.5. The van der Waals surface area contributed by atoms with E-state index >= 15 is 0 Å². The van der Waals surface area contributed by atoms with E-state index in [1.807, 2.05) is 4.90 Å². The first-order valence-electron chi connectivity index (χ1n) is 9.31. The molecule has 1 aromatic rings. The van der Waals surface area contributed by atoms with Gasteiger partial charge in [0.15, 0.2) is 11.5 Å². The summed E-state index contributed by atoms with van der Waals surface area (Å²) in [6.07, 6.45) is 0.539. The molecule has 2 aliphatic rings. The highest BCUT2D eigenvalue weighted by atomic mass is 16.7. The quantitative estimate of drug-likeness (QED) is 0.767. The molecule has 0 saturated carbocycles. The highest BCUT2D eigenvalue weighted by Gasteiger charge is 2.26. The Morgan fingerprint density at radius 2 is 1.65 bits per heavy atom. The van der Waals surface area contributed by atoms with Crippen molar-refractivity contribution in [3.8, 4) is 11.5 Å². The number of hydrogen-bond acceptors (Lipinski definition) is 5. The highest BCUT2D eigenvalue weighted by Crippen LogP contribution is 2.32. The molecule has 7 heteroatoms. The zero-order valence-corrected chi connectivity index (χ0v) is 15.6. The molecule has 1 saturated heterocycles. The van der Waals surface area contributed by atoms with Crippen molar-refractivity contribution in [2.75, 3.05) is 52.6 Å². The lowest BCUT2D eigenvalue weighted by molar-refractivity contribution is -0.133. The van der Waals surface area contributed by atoms with E-state index in [-0.39, 0.29) is 18.6 Å². The lowest BCUT2D eigenvalue weighted by Gasteiger charge is -2.35. The van der Waals surface area contributed by atoms with Gasteiger partial charge in [0.25, 0.3) is 5.91 Å². The highest BCUT2D eigenvalue weighted by molar-refractivity contribution is 5.95. The lowest BCUT2D eigenvalue weighted by Crippen LogP contribution is -2.51. The number of carbonyl (C=O) groups is 2. The first-order chi connectivity index (χ1) is 12.6. The Labute approximate surface area is 154 Å². The van der Waals surface area contributed by atoms with Crippen LogP contribution in [0.15, 0.2) is 18.2 Å². The maximum absolute atomic E-state index is 12.7. The smallest absolute Gasteiger partial charge is 0.254 e. The number of ether oxygens (including phenoxy) is 2. The van der Waals surface area contributed by atoms with Crippen molar-refractivity contribution in [2.45, 2.75) is 20.3 Å². The van der Waals surface area contributed by atoms with Gasteiger partial charge in [-0.3, -0.25) is 9.59 Å². The monoisotopic (exact) mass is 361 g/mol. The molecule has 1 aromatic carbocycles. The fraction of sp³-hybridized carbons (Fsp3) is 0.579. The van der Waals surface area contributed by atoms with Crippen molar-refractivity contribution in [1.29, 1.82) is 0 Å². The third-order valence-corrected chi connectivity index (χ3v) is 5.08. The van der Waals surface area contributed by atoms with Gasteiger partial charge in [0, 0.05) is 44.7 Å². The Morgan fingerprint density at radius 1 is 1.00 bits per heavy atom. The Bertz CT molecular complexity index is 652. The molecule has 0 bridgehead atoms. The molecule has 0 atom stereocenters. The van der Waals surface area contributed by atoms with Gasteiger partial charge in [0.05, 0.1) is 0 Å². The van der Waals surface area contributed by atoms with Crippen LogP contribution in [0, 0.1) is 0 Å².